The molecule has 0 N–H and O–H groups in total. The van der Waals surface area contributed by atoms with Crippen molar-refractivity contribution in [3.63, 3.8) is 0 Å². The normalized spacial score (nSPS) is 15.2. The molecule has 1 heterocycles. The number of para-hydroxylation sites is 2. The Balaban J connectivity index is 1.40. The van der Waals surface area contributed by atoms with Crippen LogP contribution in [0.25, 0.3) is 16.8 Å². The van der Waals surface area contributed by atoms with Crippen molar-refractivity contribution < 1.29 is 9.59 Å². The molecule has 3 nitrogen and oxygen atoms in total. The molecule has 0 saturated heterocycles. The highest BCUT2D eigenvalue weighted by Crippen LogP contribution is 2.40. The number of Topliss-reactive ketones (excluding diaryl/α,β-unsaturated/α-hetero) is 2. The number of hydrogen-bond donors (Lipinski definition) is 0. The van der Waals surface area contributed by atoms with Crippen molar-refractivity contribution in [2.24, 2.45) is 0 Å². The fourth-order valence-electron chi connectivity index (χ4n) is 6.74. The van der Waals surface area contributed by atoms with E-state index in [1.807, 2.05) is 48.5 Å². The Morgan fingerprint density at radius 3 is 1.85 bits per heavy atom. The van der Waals surface area contributed by atoms with Crippen LogP contribution < -0.4 is 15.3 Å². The Kier molecular flexibility index (Phi) is 5.68. The Labute approximate surface area is 235 Å². The molecular weight excluding hydrogens is 506 g/mol. The zero-order valence-corrected chi connectivity index (χ0v) is 23.6. The summed E-state index contributed by atoms with van der Waals surface area (Å²) in [6.07, 6.45) is 1.81. The van der Waals surface area contributed by atoms with Gasteiger partial charge in [0.1, 0.15) is 8.07 Å². The molecule has 7 rings (SSSR count). The quantitative estimate of drug-likeness (QED) is 0.135. The molecule has 1 aliphatic carbocycles. The average Bonchev–Trinajstić information content (AvgIpc) is 3.23. The summed E-state index contributed by atoms with van der Waals surface area (Å²) in [4.78, 5) is 29.4. The van der Waals surface area contributed by atoms with Crippen LogP contribution in [0, 0.1) is 0 Å². The van der Waals surface area contributed by atoms with Crippen LogP contribution in [0.2, 0.25) is 12.1 Å². The number of nitrogens with zero attached hydrogens (tertiary/aromatic N) is 1. The Morgan fingerprint density at radius 1 is 0.625 bits per heavy atom. The van der Waals surface area contributed by atoms with E-state index in [0.29, 0.717) is 11.1 Å². The molecule has 0 atom stereocenters. The summed E-state index contributed by atoms with van der Waals surface area (Å²) in [5.74, 6) is -0.372. The van der Waals surface area contributed by atoms with E-state index in [0.717, 1.165) is 34.1 Å². The van der Waals surface area contributed by atoms with Crippen molar-refractivity contribution >= 4 is 63.9 Å². The summed E-state index contributed by atoms with van der Waals surface area (Å²) in [5.41, 5.74) is 5.74. The van der Waals surface area contributed by atoms with Gasteiger partial charge in [0.25, 0.3) is 0 Å². The van der Waals surface area contributed by atoms with Crippen LogP contribution in [0.15, 0.2) is 115 Å². The molecule has 0 fully saturated rings. The summed E-state index contributed by atoms with van der Waals surface area (Å²) >= 11 is 0. The van der Waals surface area contributed by atoms with Gasteiger partial charge in [0, 0.05) is 28.2 Å². The summed E-state index contributed by atoms with van der Waals surface area (Å²) in [6.45, 7) is 4.62. The maximum Gasteiger partial charge on any atom is 0.197 e. The smallest absolute Gasteiger partial charge is 0.197 e. The zero-order chi connectivity index (χ0) is 27.4. The third-order valence-electron chi connectivity index (χ3n) is 8.83. The first-order valence-corrected chi connectivity index (χ1v) is 16.4. The summed E-state index contributed by atoms with van der Waals surface area (Å²) < 4.78 is 0. The molecule has 5 aromatic carbocycles. The molecule has 5 aromatic rings. The van der Waals surface area contributed by atoms with Crippen LogP contribution in [-0.2, 0) is 0 Å². The monoisotopic (exact) mass is 535 g/mol. The van der Waals surface area contributed by atoms with E-state index in [2.05, 4.69) is 85.5 Å². The van der Waals surface area contributed by atoms with Gasteiger partial charge in [0.15, 0.2) is 11.6 Å². The van der Waals surface area contributed by atoms with E-state index < -0.39 is 8.07 Å². The van der Waals surface area contributed by atoms with Crippen LogP contribution >= 0.6 is 0 Å². The van der Waals surface area contributed by atoms with E-state index in [4.69, 9.17) is 0 Å². The van der Waals surface area contributed by atoms with Gasteiger partial charge in [-0.15, -0.1) is 0 Å². The number of ketones is 2. The first-order chi connectivity index (χ1) is 19.6. The Bertz CT molecular complexity index is 1810. The highest BCUT2D eigenvalue weighted by atomic mass is 28.3. The van der Waals surface area contributed by atoms with Crippen LogP contribution in [0.5, 0.6) is 0 Å². The third-order valence-corrected chi connectivity index (χ3v) is 14.1. The minimum Gasteiger partial charge on any atom is -0.311 e. The minimum absolute atomic E-state index is 0.186. The van der Waals surface area contributed by atoms with Gasteiger partial charge in [-0.05, 0) is 69.2 Å². The number of carbonyl (C=O) groups is 2. The fourth-order valence-corrected chi connectivity index (χ4v) is 11.3. The van der Waals surface area contributed by atoms with Gasteiger partial charge in [0.2, 0.25) is 0 Å². The molecule has 40 heavy (non-hydrogen) atoms. The highest BCUT2D eigenvalue weighted by Gasteiger charge is 2.43. The molecule has 1 aliphatic heterocycles. The van der Waals surface area contributed by atoms with Crippen LogP contribution in [0.1, 0.15) is 40.1 Å². The van der Waals surface area contributed by atoms with Crippen LogP contribution in [0.3, 0.4) is 0 Å². The number of hydrogen-bond acceptors (Lipinski definition) is 3. The molecule has 0 spiro atoms. The Morgan fingerprint density at radius 2 is 1.20 bits per heavy atom. The number of carbonyl (C=O) groups excluding carboxylic acids is 2. The largest absolute Gasteiger partial charge is 0.311 e. The van der Waals surface area contributed by atoms with Crippen molar-refractivity contribution in [1.29, 1.82) is 0 Å². The third kappa shape index (κ3) is 3.49. The molecule has 0 radical (unpaired) electrons. The van der Waals surface area contributed by atoms with Crippen molar-refractivity contribution in [1.82, 2.24) is 0 Å². The number of rotatable bonds is 4. The van der Waals surface area contributed by atoms with Crippen molar-refractivity contribution in [2.75, 3.05) is 4.90 Å². The predicted molar refractivity (Wildman–Crippen MR) is 168 cm³/mol. The molecule has 194 valence electrons. The van der Waals surface area contributed by atoms with Gasteiger partial charge >= 0.3 is 0 Å². The summed E-state index contributed by atoms with van der Waals surface area (Å²) in [7, 11) is -2.11. The molecule has 0 bridgehead atoms. The van der Waals surface area contributed by atoms with E-state index in [1.165, 1.54) is 21.7 Å². The lowest BCUT2D eigenvalue weighted by atomic mass is 10.0. The van der Waals surface area contributed by atoms with E-state index in [1.54, 1.807) is 0 Å². The van der Waals surface area contributed by atoms with Crippen molar-refractivity contribution in [3.05, 3.63) is 131 Å². The number of benzene rings is 5. The first-order valence-electron chi connectivity index (χ1n) is 14.0. The van der Waals surface area contributed by atoms with Crippen molar-refractivity contribution in [2.45, 2.75) is 25.9 Å². The maximum absolute atomic E-state index is 13.5. The maximum atomic E-state index is 13.5. The standard InChI is InChI=1S/C36H29NO2Si/c1-3-40(4-2)33-17-11-10-16-31(33)37(27-14-6-5-7-15-27)32-19-18-24(21-34(32)40)20-30-35(38)28-22-25-12-8-9-13-26(25)23-29(28)36(30)39/h5-23H,3-4H2,1-2H3. The molecule has 0 amide bonds. The Hall–Kier alpha value is -4.54. The fraction of sp³-hybridized carbons (Fsp3) is 0.111. The minimum atomic E-state index is -2.11. The van der Waals surface area contributed by atoms with Crippen LogP contribution in [0.4, 0.5) is 17.1 Å². The van der Waals surface area contributed by atoms with Gasteiger partial charge in [0.05, 0.1) is 5.57 Å². The highest BCUT2D eigenvalue weighted by molar-refractivity contribution is 7.04. The molecule has 4 heteroatoms. The van der Waals surface area contributed by atoms with Gasteiger partial charge in [-0.25, -0.2) is 0 Å². The van der Waals surface area contributed by atoms with E-state index in [9.17, 15) is 9.59 Å². The second-order valence-electron chi connectivity index (χ2n) is 10.7. The van der Waals surface area contributed by atoms with Gasteiger partial charge in [-0.1, -0.05) is 98.7 Å². The number of allylic oxidation sites excluding steroid dienone is 1. The van der Waals surface area contributed by atoms with Crippen LogP contribution in [-0.4, -0.2) is 19.6 Å². The summed E-state index contributed by atoms with van der Waals surface area (Å²) in [5, 5.41) is 4.74. The molecule has 2 aliphatic rings. The van der Waals surface area contributed by atoms with E-state index in [-0.39, 0.29) is 17.1 Å². The lowest BCUT2D eigenvalue weighted by Gasteiger charge is -2.44. The second-order valence-corrected chi connectivity index (χ2v) is 15.4. The SMILES string of the molecule is CC[Si]1(CC)c2ccccc2N(c2ccccc2)c2ccc(C=C3C(=O)c4cc5ccccc5cc4C3=O)cc21. The molecule has 0 unspecified atom stereocenters. The average molecular weight is 536 g/mol. The van der Waals surface area contributed by atoms with Gasteiger partial charge in [-0.2, -0.15) is 0 Å². The molecular formula is C36H29NO2Si. The zero-order valence-electron chi connectivity index (χ0n) is 22.6. The van der Waals surface area contributed by atoms with Gasteiger partial charge < -0.3 is 4.90 Å². The second kappa shape index (κ2) is 9.28. The first kappa shape index (κ1) is 24.5. The van der Waals surface area contributed by atoms with Gasteiger partial charge in [-0.3, -0.25) is 9.59 Å². The topological polar surface area (TPSA) is 37.4 Å². The molecule has 0 aromatic heterocycles. The summed E-state index contributed by atoms with van der Waals surface area (Å²) in [6, 6.07) is 39.6. The number of fused-ring (bicyclic) bond motifs is 4. The lowest BCUT2D eigenvalue weighted by molar-refractivity contribution is 0.0990. The molecule has 0 saturated carbocycles. The lowest BCUT2D eigenvalue weighted by Crippen LogP contribution is -2.62. The van der Waals surface area contributed by atoms with Crippen molar-refractivity contribution in [3.8, 4) is 0 Å². The van der Waals surface area contributed by atoms with E-state index >= 15 is 0 Å². The predicted octanol–water partition coefficient (Wildman–Crippen LogP) is 7.69. The number of anilines is 3.